The molecule has 1 aromatic heterocycles. The molecule has 0 radical (unpaired) electrons. The van der Waals surface area contributed by atoms with Crippen LogP contribution in [0.5, 0.6) is 0 Å². The van der Waals surface area contributed by atoms with E-state index in [9.17, 15) is 0 Å². The first-order valence-electron chi connectivity index (χ1n) is 5.13. The lowest BCUT2D eigenvalue weighted by molar-refractivity contribution is -0.00835. The Bertz CT molecular complexity index is 345. The predicted molar refractivity (Wildman–Crippen MR) is 55.0 cm³/mol. The van der Waals surface area contributed by atoms with Crippen LogP contribution in [-0.2, 0) is 17.7 Å². The lowest BCUT2D eigenvalue weighted by Crippen LogP contribution is -2.23. The molecule has 2 heterocycles. The Kier molecular flexibility index (Phi) is 2.23. The summed E-state index contributed by atoms with van der Waals surface area (Å²) in [5, 5.41) is 0. The monoisotopic (exact) mass is 195 g/mol. The summed E-state index contributed by atoms with van der Waals surface area (Å²) in [6.07, 6.45) is 1.25. The minimum Gasteiger partial charge on any atom is -0.369 e. The van der Waals surface area contributed by atoms with Crippen LogP contribution in [0, 0.1) is 0 Å². The highest BCUT2D eigenvalue weighted by molar-refractivity contribution is 5.32. The fraction of sp³-hybridized carbons (Fsp3) is 0.700. The SMILES string of the molecule is CCn1c(N)nc2c1CC(C)OC2C. The van der Waals surface area contributed by atoms with Crippen molar-refractivity contribution in [3.05, 3.63) is 11.4 Å². The smallest absolute Gasteiger partial charge is 0.200 e. The van der Waals surface area contributed by atoms with Crippen molar-refractivity contribution in [3.8, 4) is 0 Å². The zero-order valence-electron chi connectivity index (χ0n) is 8.95. The van der Waals surface area contributed by atoms with E-state index in [2.05, 4.69) is 23.4 Å². The second-order valence-electron chi connectivity index (χ2n) is 3.84. The normalized spacial score (nSPS) is 26.2. The Hall–Kier alpha value is -1.03. The molecule has 1 aromatic rings. The highest BCUT2D eigenvalue weighted by atomic mass is 16.5. The molecular weight excluding hydrogens is 178 g/mol. The second-order valence-corrected chi connectivity index (χ2v) is 3.84. The van der Waals surface area contributed by atoms with Crippen LogP contribution in [0.3, 0.4) is 0 Å². The van der Waals surface area contributed by atoms with Gasteiger partial charge in [-0.1, -0.05) is 0 Å². The maximum Gasteiger partial charge on any atom is 0.200 e. The summed E-state index contributed by atoms with van der Waals surface area (Å²) in [7, 11) is 0. The van der Waals surface area contributed by atoms with Crippen molar-refractivity contribution in [3.63, 3.8) is 0 Å². The molecule has 1 aliphatic rings. The molecule has 0 spiro atoms. The molecule has 4 nitrogen and oxygen atoms in total. The summed E-state index contributed by atoms with van der Waals surface area (Å²) in [6, 6.07) is 0. The molecule has 0 amide bonds. The molecule has 2 atom stereocenters. The molecule has 2 N–H and O–H groups in total. The third-order valence-corrected chi connectivity index (χ3v) is 2.75. The number of nitrogen functional groups attached to an aromatic ring is 1. The van der Waals surface area contributed by atoms with Gasteiger partial charge in [0.2, 0.25) is 5.95 Å². The highest BCUT2D eigenvalue weighted by Crippen LogP contribution is 2.30. The van der Waals surface area contributed by atoms with Gasteiger partial charge in [-0.2, -0.15) is 0 Å². The van der Waals surface area contributed by atoms with Crippen molar-refractivity contribution in [2.75, 3.05) is 5.73 Å². The number of fused-ring (bicyclic) bond motifs is 1. The van der Waals surface area contributed by atoms with Crippen LogP contribution >= 0.6 is 0 Å². The Balaban J connectivity index is 2.48. The Labute approximate surface area is 84.1 Å². The number of imidazole rings is 1. The predicted octanol–water partition coefficient (Wildman–Crippen LogP) is 1.51. The van der Waals surface area contributed by atoms with E-state index in [0.29, 0.717) is 5.95 Å². The fourth-order valence-electron chi connectivity index (χ4n) is 2.15. The van der Waals surface area contributed by atoms with Crippen LogP contribution < -0.4 is 5.73 Å². The summed E-state index contributed by atoms with van der Waals surface area (Å²) in [5.41, 5.74) is 8.10. The van der Waals surface area contributed by atoms with Crippen LogP contribution in [0.15, 0.2) is 0 Å². The molecule has 78 valence electrons. The molecule has 4 heteroatoms. The molecule has 2 rings (SSSR count). The van der Waals surface area contributed by atoms with Crippen LogP contribution in [0.4, 0.5) is 5.95 Å². The zero-order chi connectivity index (χ0) is 10.3. The summed E-state index contributed by atoms with van der Waals surface area (Å²) < 4.78 is 7.77. The Morgan fingerprint density at radius 3 is 2.93 bits per heavy atom. The van der Waals surface area contributed by atoms with Gasteiger partial charge < -0.3 is 15.0 Å². The first kappa shape index (κ1) is 9.52. The number of ether oxygens (including phenoxy) is 1. The van der Waals surface area contributed by atoms with Gasteiger partial charge in [0.1, 0.15) is 0 Å². The minimum absolute atomic E-state index is 0.0730. The van der Waals surface area contributed by atoms with Gasteiger partial charge in [-0.15, -0.1) is 0 Å². The van der Waals surface area contributed by atoms with Gasteiger partial charge in [-0.25, -0.2) is 4.98 Å². The van der Waals surface area contributed by atoms with E-state index in [1.165, 1.54) is 5.69 Å². The lowest BCUT2D eigenvalue weighted by atomic mass is 10.1. The highest BCUT2D eigenvalue weighted by Gasteiger charge is 2.27. The molecule has 14 heavy (non-hydrogen) atoms. The van der Waals surface area contributed by atoms with Crippen LogP contribution in [0.1, 0.15) is 38.3 Å². The summed E-state index contributed by atoms with van der Waals surface area (Å²) in [4.78, 5) is 4.35. The van der Waals surface area contributed by atoms with Crippen LogP contribution in [-0.4, -0.2) is 15.7 Å². The molecule has 0 saturated carbocycles. The standard InChI is InChI=1S/C10H17N3O/c1-4-13-8-5-6(2)14-7(3)9(8)12-10(13)11/h6-7H,4-5H2,1-3H3,(H2,11,12). The Morgan fingerprint density at radius 1 is 1.57 bits per heavy atom. The second kappa shape index (κ2) is 3.28. The van der Waals surface area contributed by atoms with Crippen molar-refractivity contribution in [2.45, 2.75) is 45.9 Å². The molecule has 0 bridgehead atoms. The van der Waals surface area contributed by atoms with E-state index in [-0.39, 0.29) is 12.2 Å². The Morgan fingerprint density at radius 2 is 2.29 bits per heavy atom. The van der Waals surface area contributed by atoms with E-state index in [4.69, 9.17) is 10.5 Å². The first-order valence-corrected chi connectivity index (χ1v) is 5.13. The van der Waals surface area contributed by atoms with E-state index in [0.717, 1.165) is 18.7 Å². The van der Waals surface area contributed by atoms with Crippen molar-refractivity contribution in [1.82, 2.24) is 9.55 Å². The van der Waals surface area contributed by atoms with E-state index in [1.54, 1.807) is 0 Å². The molecule has 0 saturated heterocycles. The fourth-order valence-corrected chi connectivity index (χ4v) is 2.15. The number of nitrogens with zero attached hydrogens (tertiary/aromatic N) is 2. The van der Waals surface area contributed by atoms with Crippen molar-refractivity contribution in [1.29, 1.82) is 0 Å². The molecular formula is C10H17N3O. The molecule has 0 aliphatic carbocycles. The van der Waals surface area contributed by atoms with Crippen LogP contribution in [0.2, 0.25) is 0 Å². The number of nitrogens with two attached hydrogens (primary N) is 1. The maximum atomic E-state index is 5.84. The summed E-state index contributed by atoms with van der Waals surface area (Å²) in [6.45, 7) is 7.08. The van der Waals surface area contributed by atoms with Gasteiger partial charge in [-0.3, -0.25) is 0 Å². The summed E-state index contributed by atoms with van der Waals surface area (Å²) in [5.74, 6) is 0.613. The van der Waals surface area contributed by atoms with E-state index in [1.807, 2.05) is 6.92 Å². The van der Waals surface area contributed by atoms with Gasteiger partial charge >= 0.3 is 0 Å². The minimum atomic E-state index is 0.0730. The van der Waals surface area contributed by atoms with Crippen molar-refractivity contribution >= 4 is 5.95 Å². The quantitative estimate of drug-likeness (QED) is 0.739. The number of rotatable bonds is 1. The first-order chi connectivity index (χ1) is 6.63. The van der Waals surface area contributed by atoms with Crippen LogP contribution in [0.25, 0.3) is 0 Å². The molecule has 0 aromatic carbocycles. The van der Waals surface area contributed by atoms with Crippen molar-refractivity contribution < 1.29 is 4.74 Å². The molecule has 0 fully saturated rings. The van der Waals surface area contributed by atoms with E-state index >= 15 is 0 Å². The third-order valence-electron chi connectivity index (χ3n) is 2.75. The zero-order valence-corrected chi connectivity index (χ0v) is 8.95. The van der Waals surface area contributed by atoms with Crippen molar-refractivity contribution in [2.24, 2.45) is 0 Å². The largest absolute Gasteiger partial charge is 0.369 e. The summed E-state index contributed by atoms with van der Waals surface area (Å²) >= 11 is 0. The average molecular weight is 195 g/mol. The van der Waals surface area contributed by atoms with E-state index < -0.39 is 0 Å². The number of hydrogen-bond donors (Lipinski definition) is 1. The van der Waals surface area contributed by atoms with Gasteiger partial charge in [0, 0.05) is 18.7 Å². The van der Waals surface area contributed by atoms with Gasteiger partial charge in [0.15, 0.2) is 0 Å². The topological polar surface area (TPSA) is 53.1 Å². The molecule has 2 unspecified atom stereocenters. The average Bonchev–Trinajstić information content (AvgIpc) is 2.41. The number of anilines is 1. The molecule has 1 aliphatic heterocycles. The van der Waals surface area contributed by atoms with Gasteiger partial charge in [0.05, 0.1) is 17.9 Å². The maximum absolute atomic E-state index is 5.84. The number of hydrogen-bond acceptors (Lipinski definition) is 3. The lowest BCUT2D eigenvalue weighted by Gasteiger charge is -2.25. The van der Waals surface area contributed by atoms with Gasteiger partial charge in [0.25, 0.3) is 0 Å². The number of aromatic nitrogens is 2. The third kappa shape index (κ3) is 1.30. The van der Waals surface area contributed by atoms with Gasteiger partial charge in [-0.05, 0) is 20.8 Å².